The van der Waals surface area contributed by atoms with E-state index in [1.54, 1.807) is 0 Å². The second kappa shape index (κ2) is 3.53. The van der Waals surface area contributed by atoms with Crippen molar-refractivity contribution in [1.29, 1.82) is 0 Å². The lowest BCUT2D eigenvalue weighted by Crippen LogP contribution is -2.01. The minimum absolute atomic E-state index is 0.0642. The van der Waals surface area contributed by atoms with E-state index in [1.165, 1.54) is 0 Å². The van der Waals surface area contributed by atoms with E-state index in [9.17, 15) is 14.4 Å². The molecular weight excluding hydrogens is 180 g/mol. The number of carboxylic acids is 1. The highest BCUT2D eigenvalue weighted by atomic mass is 16.6. The van der Waals surface area contributed by atoms with Crippen LogP contribution in [-0.4, -0.2) is 23.5 Å². The van der Waals surface area contributed by atoms with Gasteiger partial charge in [-0.25, -0.2) is 9.59 Å². The van der Waals surface area contributed by atoms with Crippen LogP contribution in [0.2, 0.25) is 0 Å². The van der Waals surface area contributed by atoms with Gasteiger partial charge in [-0.3, -0.25) is 4.79 Å². The van der Waals surface area contributed by atoms with E-state index in [2.05, 4.69) is 9.15 Å². The number of hydrogen-bond acceptors (Lipinski definition) is 5. The van der Waals surface area contributed by atoms with Crippen LogP contribution in [-0.2, 0) is 9.53 Å². The molecule has 0 atom stereocenters. The first-order chi connectivity index (χ1) is 6.15. The Balaban J connectivity index is 2.85. The van der Waals surface area contributed by atoms with Gasteiger partial charge < -0.3 is 14.3 Å². The van der Waals surface area contributed by atoms with Gasteiger partial charge in [0.1, 0.15) is 0 Å². The molecule has 13 heavy (non-hydrogen) atoms. The molecule has 1 rings (SSSR count). The monoisotopic (exact) mass is 184 g/mol. The lowest BCUT2D eigenvalue weighted by atomic mass is 10.4. The average molecular weight is 184 g/mol. The van der Waals surface area contributed by atoms with Gasteiger partial charge in [0.2, 0.25) is 11.5 Å². The summed E-state index contributed by atoms with van der Waals surface area (Å²) in [5.74, 6) is -3.05. The van der Waals surface area contributed by atoms with Gasteiger partial charge in [0, 0.05) is 0 Å². The predicted octanol–water partition coefficient (Wildman–Crippen LogP) is 0.291. The third-order valence-corrected chi connectivity index (χ3v) is 1.17. The Bertz CT molecular complexity index is 350. The molecule has 0 bridgehead atoms. The molecule has 1 heterocycles. The SMILES string of the molecule is O=COC(=O)c1ccc(C(=O)O)o1. The summed E-state index contributed by atoms with van der Waals surface area (Å²) in [6.07, 6.45) is 0. The Kier molecular flexibility index (Phi) is 2.44. The first-order valence-electron chi connectivity index (χ1n) is 3.13. The zero-order valence-corrected chi connectivity index (χ0v) is 6.22. The maximum Gasteiger partial charge on any atom is 0.381 e. The zero-order chi connectivity index (χ0) is 9.84. The van der Waals surface area contributed by atoms with E-state index < -0.39 is 17.7 Å². The van der Waals surface area contributed by atoms with Crippen molar-refractivity contribution < 1.29 is 28.6 Å². The van der Waals surface area contributed by atoms with E-state index in [1.807, 2.05) is 0 Å². The molecule has 68 valence electrons. The van der Waals surface area contributed by atoms with Gasteiger partial charge in [0.15, 0.2) is 0 Å². The topological polar surface area (TPSA) is 93.8 Å². The molecule has 0 aliphatic rings. The van der Waals surface area contributed by atoms with Gasteiger partial charge in [-0.2, -0.15) is 0 Å². The molecule has 1 aromatic heterocycles. The lowest BCUT2D eigenvalue weighted by Gasteiger charge is -1.90. The molecule has 0 saturated carbocycles. The third kappa shape index (κ3) is 1.92. The smallest absolute Gasteiger partial charge is 0.381 e. The molecule has 1 N–H and O–H groups in total. The van der Waals surface area contributed by atoms with Gasteiger partial charge in [-0.1, -0.05) is 0 Å². The van der Waals surface area contributed by atoms with Crippen molar-refractivity contribution in [3.63, 3.8) is 0 Å². The number of esters is 1. The predicted molar refractivity (Wildman–Crippen MR) is 37.1 cm³/mol. The van der Waals surface area contributed by atoms with Crippen molar-refractivity contribution in [3.05, 3.63) is 23.7 Å². The largest absolute Gasteiger partial charge is 0.475 e. The molecule has 0 aliphatic carbocycles. The summed E-state index contributed by atoms with van der Waals surface area (Å²) in [7, 11) is 0. The van der Waals surface area contributed by atoms with Crippen molar-refractivity contribution in [2.75, 3.05) is 0 Å². The van der Waals surface area contributed by atoms with E-state index in [-0.39, 0.29) is 12.2 Å². The van der Waals surface area contributed by atoms with Crippen molar-refractivity contribution >= 4 is 18.4 Å². The fraction of sp³-hybridized carbons (Fsp3) is 0. The van der Waals surface area contributed by atoms with Gasteiger partial charge in [-0.05, 0) is 12.1 Å². The summed E-state index contributed by atoms with van der Waals surface area (Å²) in [6, 6.07) is 2.19. The van der Waals surface area contributed by atoms with Crippen LogP contribution in [0.1, 0.15) is 21.1 Å². The normalized spacial score (nSPS) is 9.23. The van der Waals surface area contributed by atoms with Gasteiger partial charge >= 0.3 is 18.4 Å². The maximum atomic E-state index is 10.7. The number of furan rings is 1. The number of carbonyl (C=O) groups is 3. The highest BCUT2D eigenvalue weighted by molar-refractivity contribution is 5.92. The number of aromatic carboxylic acids is 1. The first kappa shape index (κ1) is 8.98. The Hall–Kier alpha value is -2.11. The van der Waals surface area contributed by atoms with Crippen LogP contribution >= 0.6 is 0 Å². The molecule has 0 spiro atoms. The van der Waals surface area contributed by atoms with E-state index in [4.69, 9.17) is 5.11 Å². The quantitative estimate of drug-likeness (QED) is 0.412. The third-order valence-electron chi connectivity index (χ3n) is 1.17. The molecule has 1 aromatic rings. The summed E-state index contributed by atoms with van der Waals surface area (Å²) in [6.45, 7) is -0.0642. The van der Waals surface area contributed by atoms with Gasteiger partial charge in [-0.15, -0.1) is 0 Å². The van der Waals surface area contributed by atoms with Crippen LogP contribution in [0.4, 0.5) is 0 Å². The molecule has 0 radical (unpaired) electrons. The molecular formula is C7H4O6. The molecule has 6 nitrogen and oxygen atoms in total. The number of rotatable bonds is 3. The van der Waals surface area contributed by atoms with E-state index >= 15 is 0 Å². The molecule has 0 amide bonds. The zero-order valence-electron chi connectivity index (χ0n) is 6.22. The van der Waals surface area contributed by atoms with Crippen LogP contribution in [0.15, 0.2) is 16.5 Å². The number of hydrogen-bond donors (Lipinski definition) is 1. The highest BCUT2D eigenvalue weighted by Crippen LogP contribution is 2.08. The molecule has 6 heteroatoms. The average Bonchev–Trinajstić information content (AvgIpc) is 2.52. The second-order valence-electron chi connectivity index (χ2n) is 1.97. The molecule has 0 aromatic carbocycles. The van der Waals surface area contributed by atoms with E-state index in [0.29, 0.717) is 0 Å². The van der Waals surface area contributed by atoms with Crippen LogP contribution in [0.25, 0.3) is 0 Å². The fourth-order valence-electron chi connectivity index (χ4n) is 0.664. The number of ether oxygens (including phenoxy) is 1. The van der Waals surface area contributed by atoms with Crippen molar-refractivity contribution in [1.82, 2.24) is 0 Å². The summed E-state index contributed by atoms with van der Waals surface area (Å²) < 4.78 is 8.44. The summed E-state index contributed by atoms with van der Waals surface area (Å²) in [5.41, 5.74) is 0. The van der Waals surface area contributed by atoms with Crippen LogP contribution < -0.4 is 0 Å². The number of carbonyl (C=O) groups excluding carboxylic acids is 2. The van der Waals surface area contributed by atoms with E-state index in [0.717, 1.165) is 12.1 Å². The Morgan fingerprint density at radius 1 is 1.38 bits per heavy atom. The molecule has 0 saturated heterocycles. The molecule has 0 fully saturated rings. The number of carboxylic acid groups (broad SMARTS) is 1. The van der Waals surface area contributed by atoms with Crippen LogP contribution in [0.3, 0.4) is 0 Å². The summed E-state index contributed by atoms with van der Waals surface area (Å²) in [5, 5.41) is 8.39. The summed E-state index contributed by atoms with van der Waals surface area (Å²) in [4.78, 5) is 30.7. The second-order valence-corrected chi connectivity index (χ2v) is 1.97. The Morgan fingerprint density at radius 3 is 2.46 bits per heavy atom. The van der Waals surface area contributed by atoms with Crippen molar-refractivity contribution in [3.8, 4) is 0 Å². The Morgan fingerprint density at radius 2 is 2.00 bits per heavy atom. The van der Waals surface area contributed by atoms with Crippen LogP contribution in [0.5, 0.6) is 0 Å². The fourth-order valence-corrected chi connectivity index (χ4v) is 0.664. The van der Waals surface area contributed by atoms with Crippen molar-refractivity contribution in [2.24, 2.45) is 0 Å². The first-order valence-corrected chi connectivity index (χ1v) is 3.13. The molecule has 0 aliphatic heterocycles. The minimum atomic E-state index is -1.30. The van der Waals surface area contributed by atoms with Gasteiger partial charge in [0.05, 0.1) is 0 Å². The maximum absolute atomic E-state index is 10.7. The van der Waals surface area contributed by atoms with Gasteiger partial charge in [0.25, 0.3) is 0 Å². The highest BCUT2D eigenvalue weighted by Gasteiger charge is 2.15. The standard InChI is InChI=1S/C7H4O6/c8-3-12-7(11)5-2-1-4(13-5)6(9)10/h1-3H,(H,9,10). The van der Waals surface area contributed by atoms with Crippen LogP contribution in [0, 0.1) is 0 Å². The van der Waals surface area contributed by atoms with Crippen molar-refractivity contribution in [2.45, 2.75) is 0 Å². The summed E-state index contributed by atoms with van der Waals surface area (Å²) >= 11 is 0. The Labute approximate surface area is 71.7 Å². The molecule has 0 unspecified atom stereocenters. The minimum Gasteiger partial charge on any atom is -0.475 e. The lowest BCUT2D eigenvalue weighted by molar-refractivity contribution is -0.124.